The molecule has 2 atom stereocenters. The van der Waals surface area contributed by atoms with Crippen molar-refractivity contribution in [3.05, 3.63) is 12.2 Å². The van der Waals surface area contributed by atoms with Gasteiger partial charge >= 0.3 is 5.97 Å². The van der Waals surface area contributed by atoms with Gasteiger partial charge in [-0.3, -0.25) is 0 Å². The summed E-state index contributed by atoms with van der Waals surface area (Å²) in [7, 11) is 1.29. The number of methoxy groups -OCH3 is 1. The molecule has 0 amide bonds. The molecule has 1 aliphatic carbocycles. The van der Waals surface area contributed by atoms with Crippen LogP contribution in [0.15, 0.2) is 12.2 Å². The van der Waals surface area contributed by atoms with Crippen LogP contribution in [0, 0.1) is 5.92 Å². The van der Waals surface area contributed by atoms with Gasteiger partial charge in [0.05, 0.1) is 7.11 Å². The number of hydrogen-bond acceptors (Lipinski definition) is 3. The highest BCUT2D eigenvalue weighted by molar-refractivity contribution is 5.74. The van der Waals surface area contributed by atoms with Crippen molar-refractivity contribution >= 4 is 5.97 Å². The number of hydrogen-bond donors (Lipinski definition) is 1. The Balaban J connectivity index is 2.50. The van der Waals surface area contributed by atoms with Crippen molar-refractivity contribution in [3.63, 3.8) is 0 Å². The first-order valence-electron chi connectivity index (χ1n) is 4.18. The molecule has 0 radical (unpaired) electrons. The molecule has 3 nitrogen and oxygen atoms in total. The number of esters is 1. The van der Waals surface area contributed by atoms with Crippen LogP contribution in [0.1, 0.15) is 19.3 Å². The lowest BCUT2D eigenvalue weighted by molar-refractivity contribution is -0.152. The molecule has 0 saturated heterocycles. The molecule has 1 aliphatic rings. The monoisotopic (exact) mass is 170 g/mol. The number of allylic oxidation sites excluding steroid dienone is 1. The number of aliphatic hydroxyl groups is 1. The number of carbonyl (C=O) groups excluding carboxylic acids is 1. The van der Waals surface area contributed by atoms with E-state index in [1.54, 1.807) is 0 Å². The van der Waals surface area contributed by atoms with Crippen molar-refractivity contribution in [2.24, 2.45) is 5.92 Å². The minimum absolute atomic E-state index is 0.0498. The van der Waals surface area contributed by atoms with Gasteiger partial charge in [-0.25, -0.2) is 4.79 Å². The van der Waals surface area contributed by atoms with Crippen LogP contribution in [0.25, 0.3) is 0 Å². The fourth-order valence-corrected chi connectivity index (χ4v) is 1.40. The molecule has 0 aromatic carbocycles. The molecule has 0 saturated carbocycles. The van der Waals surface area contributed by atoms with Crippen molar-refractivity contribution in [3.8, 4) is 0 Å². The van der Waals surface area contributed by atoms with E-state index in [4.69, 9.17) is 0 Å². The van der Waals surface area contributed by atoms with Crippen molar-refractivity contribution < 1.29 is 14.6 Å². The Morgan fingerprint density at radius 2 is 2.50 bits per heavy atom. The lowest BCUT2D eigenvalue weighted by Gasteiger charge is -2.19. The molecular weight excluding hydrogens is 156 g/mol. The standard InChI is InChI=1S/C9H14O3/c1-12-9(11)8(10)7-5-3-2-4-6-7/h3,5,7-8,10H,2,4,6H2,1H3/t7-,8+/m1/s1. The van der Waals surface area contributed by atoms with Gasteiger partial charge in [-0.2, -0.15) is 0 Å². The molecule has 0 fully saturated rings. The number of aliphatic hydroxyl groups excluding tert-OH is 1. The zero-order valence-corrected chi connectivity index (χ0v) is 7.19. The third-order valence-electron chi connectivity index (χ3n) is 2.14. The summed E-state index contributed by atoms with van der Waals surface area (Å²) < 4.78 is 4.44. The smallest absolute Gasteiger partial charge is 0.335 e. The highest BCUT2D eigenvalue weighted by atomic mass is 16.5. The molecular formula is C9H14O3. The van der Waals surface area contributed by atoms with Crippen LogP contribution >= 0.6 is 0 Å². The fraction of sp³-hybridized carbons (Fsp3) is 0.667. The number of rotatable bonds is 2. The average Bonchev–Trinajstić information content (AvgIpc) is 2.17. The Bertz CT molecular complexity index is 186. The quantitative estimate of drug-likeness (QED) is 0.494. The second-order valence-electron chi connectivity index (χ2n) is 2.99. The van der Waals surface area contributed by atoms with Gasteiger partial charge in [0, 0.05) is 5.92 Å². The van der Waals surface area contributed by atoms with E-state index in [1.165, 1.54) is 7.11 Å². The zero-order chi connectivity index (χ0) is 8.97. The van der Waals surface area contributed by atoms with Gasteiger partial charge < -0.3 is 9.84 Å². The van der Waals surface area contributed by atoms with Gasteiger partial charge in [0.2, 0.25) is 0 Å². The van der Waals surface area contributed by atoms with Gasteiger partial charge in [0.15, 0.2) is 6.10 Å². The first-order valence-corrected chi connectivity index (χ1v) is 4.18. The van der Waals surface area contributed by atoms with Crippen LogP contribution in [0.5, 0.6) is 0 Å². The van der Waals surface area contributed by atoms with Crippen molar-refractivity contribution in [1.82, 2.24) is 0 Å². The van der Waals surface area contributed by atoms with Gasteiger partial charge in [-0.05, 0) is 19.3 Å². The van der Waals surface area contributed by atoms with Gasteiger partial charge in [-0.15, -0.1) is 0 Å². The second kappa shape index (κ2) is 4.26. The summed E-state index contributed by atoms with van der Waals surface area (Å²) in [5, 5.41) is 9.42. The minimum atomic E-state index is -0.980. The maximum atomic E-state index is 10.9. The molecule has 1 rings (SSSR count). The first kappa shape index (κ1) is 9.26. The maximum absolute atomic E-state index is 10.9. The normalized spacial score (nSPS) is 25.0. The van der Waals surface area contributed by atoms with E-state index >= 15 is 0 Å². The molecule has 0 aromatic rings. The van der Waals surface area contributed by atoms with Crippen LogP contribution in [0.2, 0.25) is 0 Å². The molecule has 0 unspecified atom stereocenters. The molecule has 0 heterocycles. The summed E-state index contributed by atoms with van der Waals surface area (Å²) in [5.74, 6) is -0.585. The summed E-state index contributed by atoms with van der Waals surface area (Å²) in [4.78, 5) is 10.9. The third kappa shape index (κ3) is 2.08. The highest BCUT2D eigenvalue weighted by Gasteiger charge is 2.25. The molecule has 12 heavy (non-hydrogen) atoms. The van der Waals surface area contributed by atoms with Crippen LogP contribution < -0.4 is 0 Å². The van der Waals surface area contributed by atoms with Crippen LogP contribution in [0.4, 0.5) is 0 Å². The predicted molar refractivity (Wildman–Crippen MR) is 44.5 cm³/mol. The van der Waals surface area contributed by atoms with Crippen LogP contribution in [-0.4, -0.2) is 24.3 Å². The van der Waals surface area contributed by atoms with Gasteiger partial charge in [0.1, 0.15) is 0 Å². The molecule has 0 spiro atoms. The lowest BCUT2D eigenvalue weighted by Crippen LogP contribution is -2.30. The average molecular weight is 170 g/mol. The highest BCUT2D eigenvalue weighted by Crippen LogP contribution is 2.20. The zero-order valence-electron chi connectivity index (χ0n) is 7.19. The summed E-state index contributed by atoms with van der Waals surface area (Å²) in [6.45, 7) is 0. The van der Waals surface area contributed by atoms with Crippen LogP contribution in [-0.2, 0) is 9.53 Å². The predicted octanol–water partition coefficient (Wildman–Crippen LogP) is 0.877. The van der Waals surface area contributed by atoms with Gasteiger partial charge in [-0.1, -0.05) is 12.2 Å². The number of carbonyl (C=O) groups is 1. The molecule has 0 aromatic heterocycles. The first-order chi connectivity index (χ1) is 5.75. The van der Waals surface area contributed by atoms with E-state index in [9.17, 15) is 9.90 Å². The summed E-state index contributed by atoms with van der Waals surface area (Å²) in [6, 6.07) is 0. The van der Waals surface area contributed by atoms with E-state index in [2.05, 4.69) is 4.74 Å². The van der Waals surface area contributed by atoms with E-state index in [0.29, 0.717) is 0 Å². The Hall–Kier alpha value is -0.830. The molecule has 68 valence electrons. The molecule has 0 bridgehead atoms. The Morgan fingerprint density at radius 3 is 3.00 bits per heavy atom. The fourth-order valence-electron chi connectivity index (χ4n) is 1.40. The molecule has 0 aliphatic heterocycles. The number of ether oxygens (including phenoxy) is 1. The van der Waals surface area contributed by atoms with Crippen molar-refractivity contribution in [2.45, 2.75) is 25.4 Å². The van der Waals surface area contributed by atoms with E-state index < -0.39 is 12.1 Å². The van der Waals surface area contributed by atoms with Crippen molar-refractivity contribution in [2.75, 3.05) is 7.11 Å². The van der Waals surface area contributed by atoms with Gasteiger partial charge in [0.25, 0.3) is 0 Å². The third-order valence-corrected chi connectivity index (χ3v) is 2.14. The Morgan fingerprint density at radius 1 is 1.75 bits per heavy atom. The second-order valence-corrected chi connectivity index (χ2v) is 2.99. The minimum Gasteiger partial charge on any atom is -0.467 e. The van der Waals surface area contributed by atoms with E-state index in [-0.39, 0.29) is 5.92 Å². The lowest BCUT2D eigenvalue weighted by atomic mass is 9.91. The maximum Gasteiger partial charge on any atom is 0.335 e. The van der Waals surface area contributed by atoms with E-state index in [1.807, 2.05) is 12.2 Å². The Kier molecular flexibility index (Phi) is 3.29. The summed E-state index contributed by atoms with van der Waals surface area (Å²) in [5.41, 5.74) is 0. The Labute approximate surface area is 72.0 Å². The summed E-state index contributed by atoms with van der Waals surface area (Å²) in [6.07, 6.45) is 5.86. The largest absolute Gasteiger partial charge is 0.467 e. The summed E-state index contributed by atoms with van der Waals surface area (Å²) >= 11 is 0. The molecule has 1 N–H and O–H groups in total. The SMILES string of the molecule is COC(=O)[C@@H](O)[C@@H]1C=CCCC1. The molecule has 3 heteroatoms. The van der Waals surface area contributed by atoms with Crippen molar-refractivity contribution in [1.29, 1.82) is 0 Å². The topological polar surface area (TPSA) is 46.5 Å². The van der Waals surface area contributed by atoms with Crippen LogP contribution in [0.3, 0.4) is 0 Å². The van der Waals surface area contributed by atoms with E-state index in [0.717, 1.165) is 19.3 Å².